The largest absolute Gasteiger partial charge is 0.357 e. The van der Waals surface area contributed by atoms with Gasteiger partial charge in [0.25, 0.3) is 0 Å². The number of hydrogen-bond acceptors (Lipinski definition) is 4. The molecule has 6 nitrogen and oxygen atoms in total. The molecular formula is C23H34N6. The number of nitrogens with zero attached hydrogens (tertiary/aromatic N) is 4. The van der Waals surface area contributed by atoms with E-state index < -0.39 is 0 Å². The highest BCUT2D eigenvalue weighted by Gasteiger charge is 2.16. The summed E-state index contributed by atoms with van der Waals surface area (Å²) in [5.74, 6) is 1.91. The van der Waals surface area contributed by atoms with Crippen LogP contribution in [0.25, 0.3) is 0 Å². The topological polar surface area (TPSA) is 55.8 Å². The van der Waals surface area contributed by atoms with Crippen LogP contribution in [0.15, 0.2) is 47.6 Å². The Balaban J connectivity index is 1.59. The molecule has 0 unspecified atom stereocenters. The lowest BCUT2D eigenvalue weighted by atomic mass is 10.1. The van der Waals surface area contributed by atoms with E-state index in [1.807, 2.05) is 6.20 Å². The lowest BCUT2D eigenvalue weighted by Gasteiger charge is -2.34. The normalized spacial score (nSPS) is 15.4. The number of guanidine groups is 1. The first-order valence-corrected chi connectivity index (χ1v) is 10.7. The highest BCUT2D eigenvalue weighted by molar-refractivity contribution is 5.79. The van der Waals surface area contributed by atoms with Gasteiger partial charge in [-0.3, -0.25) is 0 Å². The average molecular weight is 395 g/mol. The zero-order valence-corrected chi connectivity index (χ0v) is 18.0. The number of aromatic nitrogens is 1. The van der Waals surface area contributed by atoms with Crippen LogP contribution in [0.5, 0.6) is 0 Å². The molecule has 0 atom stereocenters. The van der Waals surface area contributed by atoms with Gasteiger partial charge in [-0.15, -0.1) is 0 Å². The van der Waals surface area contributed by atoms with Gasteiger partial charge < -0.3 is 20.4 Å². The fourth-order valence-corrected chi connectivity index (χ4v) is 3.55. The Labute approximate surface area is 175 Å². The SMILES string of the molecule is CCNC(=NCc1cccc(C)c1)NCc1ccnc(N2CCN(CC)CC2)c1. The van der Waals surface area contributed by atoms with Crippen LogP contribution in [-0.4, -0.2) is 55.1 Å². The van der Waals surface area contributed by atoms with Crippen LogP contribution in [0.3, 0.4) is 0 Å². The number of aliphatic imine (C=N–C) groups is 1. The maximum absolute atomic E-state index is 4.73. The van der Waals surface area contributed by atoms with Gasteiger partial charge in [-0.1, -0.05) is 36.8 Å². The number of benzene rings is 1. The maximum atomic E-state index is 4.73. The molecule has 29 heavy (non-hydrogen) atoms. The highest BCUT2D eigenvalue weighted by atomic mass is 15.3. The number of piperazine rings is 1. The predicted octanol–water partition coefficient (Wildman–Crippen LogP) is 2.79. The number of nitrogens with one attached hydrogen (secondary N) is 2. The summed E-state index contributed by atoms with van der Waals surface area (Å²) < 4.78 is 0. The van der Waals surface area contributed by atoms with Gasteiger partial charge in [0.15, 0.2) is 5.96 Å². The molecule has 6 heteroatoms. The van der Waals surface area contributed by atoms with Crippen LogP contribution in [0, 0.1) is 6.92 Å². The van der Waals surface area contributed by atoms with Crippen LogP contribution in [0.1, 0.15) is 30.5 Å². The average Bonchev–Trinajstić information content (AvgIpc) is 2.76. The summed E-state index contributed by atoms with van der Waals surface area (Å²) in [6, 6.07) is 12.8. The molecule has 0 spiro atoms. The smallest absolute Gasteiger partial charge is 0.191 e. The quantitative estimate of drug-likeness (QED) is 0.559. The molecule has 0 bridgehead atoms. The summed E-state index contributed by atoms with van der Waals surface area (Å²) >= 11 is 0. The molecule has 1 aliphatic heterocycles. The number of pyridine rings is 1. The van der Waals surface area contributed by atoms with Crippen LogP contribution < -0.4 is 15.5 Å². The highest BCUT2D eigenvalue weighted by Crippen LogP contribution is 2.15. The molecule has 2 aromatic rings. The Bertz CT molecular complexity index is 795. The van der Waals surface area contributed by atoms with E-state index >= 15 is 0 Å². The minimum atomic E-state index is 0.667. The van der Waals surface area contributed by atoms with Crippen molar-refractivity contribution in [3.63, 3.8) is 0 Å². The van der Waals surface area contributed by atoms with Gasteiger partial charge in [0, 0.05) is 45.5 Å². The van der Waals surface area contributed by atoms with Gasteiger partial charge in [-0.05, 0) is 43.7 Å². The molecule has 1 aromatic carbocycles. The van der Waals surface area contributed by atoms with Crippen molar-refractivity contribution in [2.75, 3.05) is 44.2 Å². The molecule has 3 rings (SSSR count). The second-order valence-corrected chi connectivity index (χ2v) is 7.48. The summed E-state index contributed by atoms with van der Waals surface area (Å²) in [6.07, 6.45) is 1.91. The molecule has 1 aliphatic rings. The molecule has 0 radical (unpaired) electrons. The molecule has 0 aliphatic carbocycles. The molecule has 0 saturated carbocycles. The van der Waals surface area contributed by atoms with Crippen LogP contribution >= 0.6 is 0 Å². The lowest BCUT2D eigenvalue weighted by molar-refractivity contribution is 0.270. The van der Waals surface area contributed by atoms with E-state index in [1.165, 1.54) is 16.7 Å². The molecule has 156 valence electrons. The van der Waals surface area contributed by atoms with E-state index in [0.717, 1.165) is 57.6 Å². The molecule has 2 heterocycles. The van der Waals surface area contributed by atoms with Crippen molar-refractivity contribution < 1.29 is 0 Å². The first kappa shape index (κ1) is 21.1. The summed E-state index contributed by atoms with van der Waals surface area (Å²) in [4.78, 5) is 14.2. The van der Waals surface area contributed by atoms with Crippen molar-refractivity contribution >= 4 is 11.8 Å². The van der Waals surface area contributed by atoms with Gasteiger partial charge >= 0.3 is 0 Å². The Hall–Kier alpha value is -2.60. The number of aryl methyl sites for hydroxylation is 1. The minimum Gasteiger partial charge on any atom is -0.357 e. The molecule has 1 saturated heterocycles. The Morgan fingerprint density at radius 1 is 1.03 bits per heavy atom. The zero-order valence-electron chi connectivity index (χ0n) is 18.0. The third kappa shape index (κ3) is 6.46. The van der Waals surface area contributed by atoms with Crippen molar-refractivity contribution in [2.24, 2.45) is 4.99 Å². The summed E-state index contributed by atoms with van der Waals surface area (Å²) in [5, 5.41) is 6.79. The van der Waals surface area contributed by atoms with Gasteiger partial charge in [-0.2, -0.15) is 0 Å². The van der Waals surface area contributed by atoms with Gasteiger partial charge in [0.05, 0.1) is 6.54 Å². The van der Waals surface area contributed by atoms with E-state index in [2.05, 4.69) is 82.6 Å². The Kier molecular flexibility index (Phi) is 7.87. The standard InChI is InChI=1S/C23H34N6/c1-4-24-23(26-17-20-8-6-7-19(3)15-20)27-18-21-9-10-25-22(16-21)29-13-11-28(5-2)12-14-29/h6-10,15-16H,4-5,11-14,17-18H2,1-3H3,(H2,24,26,27). The number of hydrogen-bond donors (Lipinski definition) is 2. The number of rotatable bonds is 7. The second kappa shape index (κ2) is 10.8. The van der Waals surface area contributed by atoms with E-state index in [4.69, 9.17) is 4.99 Å². The molecule has 2 N–H and O–H groups in total. The first-order chi connectivity index (χ1) is 14.2. The number of anilines is 1. The van der Waals surface area contributed by atoms with Gasteiger partial charge in [0.2, 0.25) is 0 Å². The van der Waals surface area contributed by atoms with Gasteiger partial charge in [0.1, 0.15) is 5.82 Å². The molecule has 0 amide bonds. The van der Waals surface area contributed by atoms with Crippen molar-refractivity contribution in [1.29, 1.82) is 0 Å². The van der Waals surface area contributed by atoms with E-state index in [0.29, 0.717) is 6.54 Å². The van der Waals surface area contributed by atoms with E-state index in [1.54, 1.807) is 0 Å². The zero-order chi connectivity index (χ0) is 20.5. The van der Waals surface area contributed by atoms with Crippen LogP contribution in [0.4, 0.5) is 5.82 Å². The second-order valence-electron chi connectivity index (χ2n) is 7.48. The summed E-state index contributed by atoms with van der Waals surface area (Å²) in [7, 11) is 0. The van der Waals surface area contributed by atoms with Crippen LogP contribution in [0.2, 0.25) is 0 Å². The van der Waals surface area contributed by atoms with Crippen molar-refractivity contribution in [3.05, 3.63) is 59.3 Å². The summed E-state index contributed by atoms with van der Waals surface area (Å²) in [5.41, 5.74) is 3.70. The number of likely N-dealkylation sites (N-methyl/N-ethyl adjacent to an activating group) is 1. The van der Waals surface area contributed by atoms with Crippen molar-refractivity contribution in [2.45, 2.75) is 33.9 Å². The van der Waals surface area contributed by atoms with E-state index in [9.17, 15) is 0 Å². The molecule has 1 fully saturated rings. The predicted molar refractivity (Wildman–Crippen MR) is 121 cm³/mol. The van der Waals surface area contributed by atoms with E-state index in [-0.39, 0.29) is 0 Å². The lowest BCUT2D eigenvalue weighted by Crippen LogP contribution is -2.46. The van der Waals surface area contributed by atoms with Gasteiger partial charge in [-0.25, -0.2) is 9.98 Å². The first-order valence-electron chi connectivity index (χ1n) is 10.7. The third-order valence-corrected chi connectivity index (χ3v) is 5.26. The van der Waals surface area contributed by atoms with Crippen molar-refractivity contribution in [3.8, 4) is 0 Å². The third-order valence-electron chi connectivity index (χ3n) is 5.26. The Morgan fingerprint density at radius 2 is 1.86 bits per heavy atom. The molecular weight excluding hydrogens is 360 g/mol. The minimum absolute atomic E-state index is 0.667. The Morgan fingerprint density at radius 3 is 2.59 bits per heavy atom. The fraction of sp³-hybridized carbons (Fsp3) is 0.478. The van der Waals surface area contributed by atoms with Crippen LogP contribution in [-0.2, 0) is 13.1 Å². The monoisotopic (exact) mass is 394 g/mol. The maximum Gasteiger partial charge on any atom is 0.191 e. The fourth-order valence-electron chi connectivity index (χ4n) is 3.55. The van der Waals surface area contributed by atoms with Crippen molar-refractivity contribution in [1.82, 2.24) is 20.5 Å². The summed E-state index contributed by atoms with van der Waals surface area (Å²) in [6.45, 7) is 14.1. The molecule has 1 aromatic heterocycles.